The molecule has 0 spiro atoms. The van der Waals surface area contributed by atoms with Gasteiger partial charge in [-0.25, -0.2) is 9.97 Å². The molecule has 3 heterocycles. The van der Waals surface area contributed by atoms with Crippen LogP contribution < -0.4 is 19.5 Å². The van der Waals surface area contributed by atoms with E-state index in [0.29, 0.717) is 25.8 Å². The molecule has 0 saturated carbocycles. The molecule has 3 unspecified atom stereocenters. The van der Waals surface area contributed by atoms with Crippen LogP contribution in [-0.4, -0.2) is 48.5 Å². The van der Waals surface area contributed by atoms with Crippen LogP contribution in [0.2, 0.25) is 0 Å². The van der Waals surface area contributed by atoms with Gasteiger partial charge >= 0.3 is 6.01 Å². The second kappa shape index (κ2) is 10.5. The number of fused-ring (bicyclic) bond motifs is 2. The van der Waals surface area contributed by atoms with Gasteiger partial charge in [-0.05, 0) is 53.1 Å². The fourth-order valence-electron chi connectivity index (χ4n) is 4.82. The largest absolute Gasteiger partial charge is 0.486 e. The van der Waals surface area contributed by atoms with Gasteiger partial charge in [-0.15, -0.1) is 0 Å². The first-order valence-corrected chi connectivity index (χ1v) is 12.4. The van der Waals surface area contributed by atoms with E-state index in [1.165, 1.54) is 16.3 Å². The summed E-state index contributed by atoms with van der Waals surface area (Å²) in [5.74, 6) is 1.72. The monoisotopic (exact) mass is 483 g/mol. The quantitative estimate of drug-likeness (QED) is 0.415. The summed E-state index contributed by atoms with van der Waals surface area (Å²) in [6.07, 6.45) is 4.53. The molecule has 0 radical (unpaired) electrons. The summed E-state index contributed by atoms with van der Waals surface area (Å²) in [5, 5.41) is 5.93. The highest BCUT2D eigenvalue weighted by Gasteiger charge is 2.28. The summed E-state index contributed by atoms with van der Waals surface area (Å²) in [5.41, 5.74) is 2.24. The van der Waals surface area contributed by atoms with Crippen LogP contribution in [0.3, 0.4) is 0 Å². The van der Waals surface area contributed by atoms with E-state index < -0.39 is 0 Å². The molecule has 184 valence electrons. The molecular weight excluding hydrogens is 454 g/mol. The topological polar surface area (TPSA) is 74.7 Å². The Morgan fingerprint density at radius 3 is 2.61 bits per heavy atom. The van der Waals surface area contributed by atoms with Gasteiger partial charge in [-0.2, -0.15) is 0 Å². The number of benzene rings is 3. The Hall–Kier alpha value is -3.68. The zero-order valence-corrected chi connectivity index (χ0v) is 20.0. The molecule has 7 nitrogen and oxygen atoms in total. The molecule has 1 aromatic heterocycles. The van der Waals surface area contributed by atoms with Crippen LogP contribution >= 0.6 is 0 Å². The summed E-state index contributed by atoms with van der Waals surface area (Å²) in [4.78, 5) is 8.93. The van der Waals surface area contributed by atoms with E-state index in [4.69, 9.17) is 18.9 Å². The van der Waals surface area contributed by atoms with Crippen molar-refractivity contribution in [2.45, 2.75) is 31.2 Å². The van der Waals surface area contributed by atoms with Crippen molar-refractivity contribution in [2.24, 2.45) is 0 Å². The Morgan fingerprint density at radius 1 is 0.917 bits per heavy atom. The maximum absolute atomic E-state index is 6.39. The van der Waals surface area contributed by atoms with E-state index in [1.807, 2.05) is 36.7 Å². The van der Waals surface area contributed by atoms with Gasteiger partial charge in [-0.3, -0.25) is 0 Å². The molecule has 36 heavy (non-hydrogen) atoms. The van der Waals surface area contributed by atoms with E-state index in [-0.39, 0.29) is 18.1 Å². The van der Waals surface area contributed by atoms with E-state index in [0.717, 1.165) is 36.6 Å². The lowest BCUT2D eigenvalue weighted by molar-refractivity contribution is 0.0104. The molecular formula is C29H29N3O4. The van der Waals surface area contributed by atoms with Crippen molar-refractivity contribution in [3.05, 3.63) is 90.3 Å². The SMILES string of the molecule is c1ccc2c(c1)OCC(COc1ncc(C3CCNCC3OCc3ccc4ccccc4c3)cn1)O2. The first-order valence-electron chi connectivity index (χ1n) is 12.4. The second-order valence-electron chi connectivity index (χ2n) is 9.24. The molecule has 0 bridgehead atoms. The predicted molar refractivity (Wildman–Crippen MR) is 137 cm³/mol. The number of ether oxygens (including phenoxy) is 4. The van der Waals surface area contributed by atoms with Crippen LogP contribution in [0.25, 0.3) is 10.8 Å². The number of rotatable bonds is 7. The van der Waals surface area contributed by atoms with Gasteiger partial charge in [0, 0.05) is 24.9 Å². The fourth-order valence-corrected chi connectivity index (χ4v) is 4.82. The minimum atomic E-state index is -0.208. The van der Waals surface area contributed by atoms with Gasteiger partial charge in [0.15, 0.2) is 17.6 Å². The Balaban J connectivity index is 1.06. The average Bonchev–Trinajstić information content (AvgIpc) is 2.95. The van der Waals surface area contributed by atoms with Crippen molar-refractivity contribution >= 4 is 10.8 Å². The van der Waals surface area contributed by atoms with Gasteiger partial charge < -0.3 is 24.3 Å². The number of para-hydroxylation sites is 2. The normalized spacial score (nSPS) is 21.3. The maximum atomic E-state index is 6.39. The van der Waals surface area contributed by atoms with E-state index in [1.54, 1.807) is 0 Å². The van der Waals surface area contributed by atoms with Crippen LogP contribution in [0, 0.1) is 0 Å². The molecule has 7 heteroatoms. The minimum Gasteiger partial charge on any atom is -0.486 e. The number of nitrogens with one attached hydrogen (secondary N) is 1. The molecule has 2 aliphatic heterocycles. The molecule has 0 amide bonds. The van der Waals surface area contributed by atoms with Gasteiger partial charge in [-0.1, -0.05) is 48.5 Å². The highest BCUT2D eigenvalue weighted by atomic mass is 16.6. The predicted octanol–water partition coefficient (Wildman–Crippen LogP) is 4.51. The van der Waals surface area contributed by atoms with Crippen LogP contribution in [0.15, 0.2) is 79.1 Å². The van der Waals surface area contributed by atoms with E-state index in [2.05, 4.69) is 57.7 Å². The Morgan fingerprint density at radius 2 is 1.72 bits per heavy atom. The van der Waals surface area contributed by atoms with Gasteiger partial charge in [0.2, 0.25) is 0 Å². The van der Waals surface area contributed by atoms with Crippen molar-refractivity contribution in [2.75, 3.05) is 26.3 Å². The molecule has 1 N–H and O–H groups in total. The summed E-state index contributed by atoms with van der Waals surface area (Å²) in [7, 11) is 0. The van der Waals surface area contributed by atoms with Crippen molar-refractivity contribution in [3.63, 3.8) is 0 Å². The number of aromatic nitrogens is 2. The summed E-state index contributed by atoms with van der Waals surface area (Å²) in [6.45, 7) is 3.07. The number of hydrogen-bond acceptors (Lipinski definition) is 7. The highest BCUT2D eigenvalue weighted by molar-refractivity contribution is 5.82. The van der Waals surface area contributed by atoms with Crippen LogP contribution in [0.5, 0.6) is 17.5 Å². The van der Waals surface area contributed by atoms with Crippen molar-refractivity contribution in [1.82, 2.24) is 15.3 Å². The van der Waals surface area contributed by atoms with E-state index >= 15 is 0 Å². The third-order valence-corrected chi connectivity index (χ3v) is 6.75. The van der Waals surface area contributed by atoms with Crippen LogP contribution in [0.4, 0.5) is 0 Å². The van der Waals surface area contributed by atoms with E-state index in [9.17, 15) is 0 Å². The fraction of sp³-hybridized carbons (Fsp3) is 0.310. The number of nitrogens with zero attached hydrogens (tertiary/aromatic N) is 2. The molecule has 2 aliphatic rings. The highest BCUT2D eigenvalue weighted by Crippen LogP contribution is 2.31. The summed E-state index contributed by atoms with van der Waals surface area (Å²) >= 11 is 0. The lowest BCUT2D eigenvalue weighted by Gasteiger charge is -2.32. The summed E-state index contributed by atoms with van der Waals surface area (Å²) in [6, 6.07) is 22.9. The smallest absolute Gasteiger partial charge is 0.316 e. The molecule has 6 rings (SSSR count). The lowest BCUT2D eigenvalue weighted by atomic mass is 9.89. The molecule has 4 aromatic rings. The first kappa shape index (κ1) is 22.8. The molecule has 1 fully saturated rings. The van der Waals surface area contributed by atoms with Crippen molar-refractivity contribution < 1.29 is 18.9 Å². The lowest BCUT2D eigenvalue weighted by Crippen LogP contribution is -2.41. The standard InChI is InChI=1S/C29H29N3O4/c1-2-6-22-13-20(9-10-21(22)5-1)17-33-28-16-30-12-11-25(28)23-14-31-29(32-15-23)35-19-24-18-34-26-7-3-4-8-27(26)36-24/h1-10,13-15,24-25,28,30H,11-12,16-19H2. The van der Waals surface area contributed by atoms with Gasteiger partial charge in [0.25, 0.3) is 0 Å². The van der Waals surface area contributed by atoms with Crippen LogP contribution in [-0.2, 0) is 11.3 Å². The number of piperidine rings is 1. The molecule has 3 aromatic carbocycles. The summed E-state index contributed by atoms with van der Waals surface area (Å²) < 4.78 is 23.9. The zero-order chi connectivity index (χ0) is 24.2. The molecule has 0 aliphatic carbocycles. The third kappa shape index (κ3) is 5.12. The van der Waals surface area contributed by atoms with Crippen molar-refractivity contribution in [1.29, 1.82) is 0 Å². The van der Waals surface area contributed by atoms with Gasteiger partial charge in [0.05, 0.1) is 12.7 Å². The van der Waals surface area contributed by atoms with Crippen molar-refractivity contribution in [3.8, 4) is 17.5 Å². The zero-order valence-electron chi connectivity index (χ0n) is 20.0. The van der Waals surface area contributed by atoms with Gasteiger partial charge in [0.1, 0.15) is 13.2 Å². The Labute approximate surface area is 210 Å². The van der Waals surface area contributed by atoms with Crippen LogP contribution in [0.1, 0.15) is 23.5 Å². The average molecular weight is 484 g/mol. The first-order chi connectivity index (χ1) is 17.8. The number of hydrogen-bond donors (Lipinski definition) is 1. The second-order valence-corrected chi connectivity index (χ2v) is 9.24. The Kier molecular flexibility index (Phi) is 6.65. The maximum Gasteiger partial charge on any atom is 0.316 e. The Bertz CT molecular complexity index is 1310. The molecule has 3 atom stereocenters. The molecule has 1 saturated heterocycles. The minimum absolute atomic E-state index is 0.0495. The third-order valence-electron chi connectivity index (χ3n) is 6.75.